The first kappa shape index (κ1) is 82.7. The van der Waals surface area contributed by atoms with E-state index < -0.39 is 10.0 Å². The molecule has 0 fully saturated rings. The second-order valence-electron chi connectivity index (χ2n) is 24.6. The lowest BCUT2D eigenvalue weighted by molar-refractivity contribution is -0.121. The third-order valence-electron chi connectivity index (χ3n) is 12.2. The van der Waals surface area contributed by atoms with Gasteiger partial charge in [-0.3, -0.25) is 19.2 Å². The molecule has 6 aromatic carbocycles. The standard InChI is InChI=1S/C12H17NO.C11H13N3O.2C11H15NO.C10H13ClN2O.C10H14N2O.C10H15NO2S/c1-9(2)13-12(14)8-11-6-4-10(3)5-7-11;1-8(2)12-11(15)9-7-14-6-4-3-5-10(14)13-9;1-8(2)12-11(13)10-6-4-9(3)5-7-10;1-8(2)11(13)12-10-6-4-9(3)5-7-10;1-7(2)12-10(14)13-9-5-3-8(11)4-6-9;1-8(2)11-10(13)12-9-6-4-3-5-7-9;1-8(2)11-14(12,13)10-6-4-9(3)5-7-10/h4-7,9H,8H2,1-3H3,(H,13,14);3-8H,1-2H3,(H,12,15);2*4-8H,1-3H3,(H,12,13);3-7H,1-2H3,(H2,12,13,14);3-8H,1-2H3,(H2,11,12,13);4-8,11H,1-3H3. The molecule has 0 unspecified atom stereocenters. The van der Waals surface area contributed by atoms with Crippen LogP contribution in [0.5, 0.6) is 0 Å². The first-order valence-corrected chi connectivity index (χ1v) is 33.9. The van der Waals surface area contributed by atoms with E-state index in [1.54, 1.807) is 68.6 Å². The lowest BCUT2D eigenvalue weighted by Gasteiger charge is -2.09. The summed E-state index contributed by atoms with van der Waals surface area (Å²) in [6.45, 7) is 34.7. The molecule has 2 aromatic heterocycles. The van der Waals surface area contributed by atoms with Crippen LogP contribution in [0.15, 0.2) is 187 Å². The van der Waals surface area contributed by atoms with Gasteiger partial charge in [-0.05, 0) is 201 Å². The number of nitrogens with one attached hydrogen (secondary N) is 9. The Morgan fingerprint density at radius 2 is 0.844 bits per heavy atom. The Bertz CT molecular complexity index is 3610. The number of carbonyl (C=O) groups is 6. The van der Waals surface area contributed by atoms with Gasteiger partial charge < -0.3 is 46.9 Å². The molecule has 0 radical (unpaired) electrons. The van der Waals surface area contributed by atoms with Gasteiger partial charge in [0.1, 0.15) is 11.3 Å². The van der Waals surface area contributed by atoms with Crippen molar-refractivity contribution in [3.8, 4) is 0 Å². The van der Waals surface area contributed by atoms with Gasteiger partial charge in [0.25, 0.3) is 11.8 Å². The van der Waals surface area contributed by atoms with Crippen molar-refractivity contribution in [2.45, 2.75) is 172 Å². The van der Waals surface area contributed by atoms with Crippen LogP contribution in [0.2, 0.25) is 5.02 Å². The third kappa shape index (κ3) is 36.9. The van der Waals surface area contributed by atoms with Crippen LogP contribution in [0, 0.1) is 33.6 Å². The zero-order valence-electron chi connectivity index (χ0n) is 59.0. The first-order chi connectivity index (χ1) is 45.1. The number of nitrogens with zero attached hydrogens (tertiary/aromatic N) is 2. The number of rotatable bonds is 16. The van der Waals surface area contributed by atoms with E-state index in [0.717, 1.165) is 39.4 Å². The van der Waals surface area contributed by atoms with Crippen LogP contribution < -0.4 is 47.3 Å². The number of halogens is 1. The molecule has 21 heteroatoms. The zero-order valence-corrected chi connectivity index (χ0v) is 60.6. The van der Waals surface area contributed by atoms with Crippen molar-refractivity contribution >= 4 is 80.0 Å². The summed E-state index contributed by atoms with van der Waals surface area (Å²) in [4.78, 5) is 72.8. The van der Waals surface area contributed by atoms with Crippen LogP contribution in [-0.4, -0.2) is 89.7 Å². The van der Waals surface area contributed by atoms with E-state index in [9.17, 15) is 37.2 Å². The molecular formula is C75H102ClN11O8S. The second kappa shape index (κ2) is 43.6. The first-order valence-electron chi connectivity index (χ1n) is 32.0. The van der Waals surface area contributed by atoms with Gasteiger partial charge in [-0.1, -0.05) is 133 Å². The number of urea groups is 2. The number of aromatic nitrogens is 2. The van der Waals surface area contributed by atoms with Crippen molar-refractivity contribution in [3.05, 3.63) is 226 Å². The number of amides is 8. The van der Waals surface area contributed by atoms with Crippen LogP contribution in [0.25, 0.3) is 5.65 Å². The summed E-state index contributed by atoms with van der Waals surface area (Å²) in [5, 5.41) is 22.9. The predicted octanol–water partition coefficient (Wildman–Crippen LogP) is 15.0. The fraction of sp³-hybridized carbons (Fsp3) is 0.347. The quantitative estimate of drug-likeness (QED) is 0.0445. The maximum absolute atomic E-state index is 11.6. The van der Waals surface area contributed by atoms with E-state index in [4.69, 9.17) is 11.6 Å². The monoisotopic (exact) mass is 1350 g/mol. The van der Waals surface area contributed by atoms with E-state index in [-0.39, 0.29) is 77.9 Å². The normalized spacial score (nSPS) is 10.5. The number of benzene rings is 6. The summed E-state index contributed by atoms with van der Waals surface area (Å²) in [5.74, 6) is 0.0395. The zero-order chi connectivity index (χ0) is 72.1. The minimum absolute atomic E-state index is 0.00463. The minimum atomic E-state index is -3.33. The molecule has 0 atom stereocenters. The highest BCUT2D eigenvalue weighted by Crippen LogP contribution is 2.15. The van der Waals surface area contributed by atoms with E-state index in [1.807, 2.05) is 243 Å². The summed E-state index contributed by atoms with van der Waals surface area (Å²) >= 11 is 5.70. The number of carbonyl (C=O) groups excluding carboxylic acids is 6. The fourth-order valence-electron chi connectivity index (χ4n) is 7.63. The number of aryl methyl sites for hydroxylation is 4. The SMILES string of the molecule is CC(C)NC(=O)Nc1ccc(Cl)cc1.CC(C)NC(=O)Nc1ccccc1.CC(C)NC(=O)c1cn2ccccc2n1.Cc1ccc(C(=O)NC(C)C)cc1.Cc1ccc(CC(=O)NC(C)C)cc1.Cc1ccc(NC(=O)C(C)C)cc1.Cc1ccc(S(=O)(=O)NC(C)C)cc1. The summed E-state index contributed by atoms with van der Waals surface area (Å²) in [5.41, 5.74) is 10.1. The van der Waals surface area contributed by atoms with Gasteiger partial charge in [-0.25, -0.2) is 27.7 Å². The topological polar surface area (TPSA) is 262 Å². The molecule has 0 aliphatic rings. The largest absolute Gasteiger partial charge is 0.354 e. The molecule has 2 heterocycles. The van der Waals surface area contributed by atoms with Crippen LogP contribution >= 0.6 is 11.6 Å². The van der Waals surface area contributed by atoms with E-state index in [1.165, 1.54) is 16.7 Å². The Hall–Kier alpha value is -9.37. The molecule has 96 heavy (non-hydrogen) atoms. The fourth-order valence-corrected chi connectivity index (χ4v) is 9.00. The molecule has 0 saturated heterocycles. The number of hydrogen-bond donors (Lipinski definition) is 9. The van der Waals surface area contributed by atoms with Crippen molar-refractivity contribution < 1.29 is 37.2 Å². The van der Waals surface area contributed by atoms with Gasteiger partial charge in [-0.2, -0.15) is 0 Å². The Labute approximate surface area is 575 Å². The number of anilines is 3. The van der Waals surface area contributed by atoms with E-state index in [0.29, 0.717) is 22.0 Å². The maximum atomic E-state index is 11.6. The van der Waals surface area contributed by atoms with Crippen LogP contribution in [0.3, 0.4) is 0 Å². The minimum Gasteiger partial charge on any atom is -0.354 e. The molecule has 8 rings (SSSR count). The smallest absolute Gasteiger partial charge is 0.319 e. The molecule has 0 bridgehead atoms. The van der Waals surface area contributed by atoms with Gasteiger partial charge in [-0.15, -0.1) is 0 Å². The summed E-state index contributed by atoms with van der Waals surface area (Å²) < 4.78 is 27.6. The Morgan fingerprint density at radius 3 is 1.29 bits per heavy atom. The highest BCUT2D eigenvalue weighted by molar-refractivity contribution is 7.89. The van der Waals surface area contributed by atoms with Crippen molar-refractivity contribution in [1.82, 2.24) is 40.7 Å². The van der Waals surface area contributed by atoms with Crippen molar-refractivity contribution in [2.75, 3.05) is 16.0 Å². The molecule has 8 amide bonds. The Balaban J connectivity index is 0.000000381. The highest BCUT2D eigenvalue weighted by Gasteiger charge is 2.15. The molecule has 8 aromatic rings. The molecule has 9 N–H and O–H groups in total. The third-order valence-corrected chi connectivity index (χ3v) is 14.2. The van der Waals surface area contributed by atoms with Crippen LogP contribution in [0.1, 0.15) is 146 Å². The number of para-hydroxylation sites is 1. The number of fused-ring (bicyclic) bond motifs is 1. The predicted molar refractivity (Wildman–Crippen MR) is 393 cm³/mol. The highest BCUT2D eigenvalue weighted by atomic mass is 35.5. The van der Waals surface area contributed by atoms with Gasteiger partial charge in [0.05, 0.1) is 11.3 Å². The van der Waals surface area contributed by atoms with E-state index in [2.05, 4.69) is 52.2 Å². The molecule has 0 saturated carbocycles. The van der Waals surface area contributed by atoms with Crippen LogP contribution in [0.4, 0.5) is 26.7 Å². The van der Waals surface area contributed by atoms with Crippen molar-refractivity contribution in [2.24, 2.45) is 5.92 Å². The van der Waals surface area contributed by atoms with Crippen molar-refractivity contribution in [3.63, 3.8) is 0 Å². The molecular weight excluding hydrogens is 1250 g/mol. The van der Waals surface area contributed by atoms with Gasteiger partial charge in [0.2, 0.25) is 21.8 Å². The van der Waals surface area contributed by atoms with Crippen LogP contribution in [-0.2, 0) is 26.0 Å². The number of hydrogen-bond acceptors (Lipinski definition) is 9. The van der Waals surface area contributed by atoms with Gasteiger partial charge in [0.15, 0.2) is 0 Å². The average Bonchev–Trinajstić information content (AvgIpc) is 1.74. The molecule has 19 nitrogen and oxygen atoms in total. The van der Waals surface area contributed by atoms with Gasteiger partial charge in [0, 0.05) is 82.2 Å². The summed E-state index contributed by atoms with van der Waals surface area (Å²) in [6.07, 6.45) is 4.07. The second-order valence-corrected chi connectivity index (χ2v) is 26.7. The Morgan fingerprint density at radius 1 is 0.438 bits per heavy atom. The molecule has 0 spiro atoms. The summed E-state index contributed by atoms with van der Waals surface area (Å²) in [6, 6.07) is 52.5. The van der Waals surface area contributed by atoms with Crippen molar-refractivity contribution in [1.29, 1.82) is 0 Å². The number of imidazole rings is 1. The Kier molecular flexibility index (Phi) is 37.6. The molecule has 518 valence electrons. The average molecular weight is 1350 g/mol. The number of sulfonamides is 1. The lowest BCUT2D eigenvalue weighted by atomic mass is 10.1. The summed E-state index contributed by atoms with van der Waals surface area (Å²) in [7, 11) is -3.33. The lowest BCUT2D eigenvalue weighted by Crippen LogP contribution is -2.34. The number of pyridine rings is 1. The van der Waals surface area contributed by atoms with E-state index >= 15 is 0 Å². The van der Waals surface area contributed by atoms with Gasteiger partial charge >= 0.3 is 12.1 Å². The maximum Gasteiger partial charge on any atom is 0.319 e. The molecule has 0 aliphatic carbocycles. The molecule has 0 aliphatic heterocycles.